The maximum Gasteiger partial charge on any atom is 2.00 e. The number of carbonyl (C=O) groups is 16. The second kappa shape index (κ2) is 178. The van der Waals surface area contributed by atoms with Gasteiger partial charge < -0.3 is 232 Å². The fourth-order valence-corrected chi connectivity index (χ4v) is 7.18. The Morgan fingerprint density at radius 1 is 0.264 bits per heavy atom. The Balaban J connectivity index is -0.0000000479. The van der Waals surface area contributed by atoms with Crippen LogP contribution in [0.4, 0.5) is 33.6 Å². The SMILES string of the molecule is CC(=O)O.CCNC(=O)O.CCNC(=O)O.CCNC(=O)O.CCNC(=O)O.CCNC(=O)O.CCNC(=O)O.CCNC(=O)O.COCC(=O)O.COCC(=O)O.COCCOCCOCC(=O)O.COCCOCCOCC(=O)O.O=C(O)C(=O)O.O=C(O)C(=O)O.[CH2-][C@@H]1CCCC[C@H]1[NH-].[CH2-][C@@H]1CCCC[C@H]1[NH-].[CH2-][C@@H]1CCCC[C@H]1[NH-].[CH2-][C@@H]1CCCC[C@H]1[NH-].[Cl][Pt+2][Cl].[Cl][Pt+2][Cl].[Cl][Pt+2][Cl].[Cl][Pt+2][Cl].[NH2-].[NH2-].[NH2-].[NH2-].[Pt+2].[Pt+2]. The van der Waals surface area contributed by atoms with Crippen molar-refractivity contribution in [2.45, 2.75) is 182 Å². The Bertz CT molecular complexity index is 2340. The zero-order valence-corrected chi connectivity index (χ0v) is 102. The molecule has 888 valence electrons. The Kier molecular flexibility index (Phi) is 248. The number of carboxylic acid groups (broad SMARTS) is 16. The molecule has 7 amide bonds. The number of hydrogen-bond donors (Lipinski definition) is 23. The molecule has 0 heterocycles. The van der Waals surface area contributed by atoms with Crippen molar-refractivity contribution in [1.82, 2.24) is 37.2 Å². The first-order chi connectivity index (χ1) is 64.4. The molecule has 0 bridgehead atoms. The van der Waals surface area contributed by atoms with Crippen LogP contribution in [0.1, 0.15) is 158 Å². The zero-order valence-electron chi connectivity index (χ0n) is 81.9. The van der Waals surface area contributed by atoms with Crippen molar-refractivity contribution in [1.29, 1.82) is 0 Å². The number of nitrogens with two attached hydrogens (primary N) is 4. The van der Waals surface area contributed by atoms with Gasteiger partial charge in [-0.25, -0.2) is 71.9 Å². The van der Waals surface area contributed by atoms with Crippen molar-refractivity contribution in [2.24, 2.45) is 23.7 Å². The summed E-state index contributed by atoms with van der Waals surface area (Å²) in [5.74, 6) is -10.2. The summed E-state index contributed by atoms with van der Waals surface area (Å²) >= 11 is -1.89. The number of rotatable bonds is 27. The molecule has 0 unspecified atom stereocenters. The summed E-state index contributed by atoms with van der Waals surface area (Å²) in [7, 11) is 44.9. The third kappa shape index (κ3) is 299. The number of hydrogen-bond acceptors (Lipinski definition) is 24. The number of nitrogens with one attached hydrogen (secondary N) is 11. The van der Waals surface area contributed by atoms with Gasteiger partial charge in [0.15, 0.2) is 0 Å². The minimum atomic E-state index is -1.82. The van der Waals surface area contributed by atoms with Crippen molar-refractivity contribution < 1.29 is 304 Å². The third-order valence-electron chi connectivity index (χ3n) is 12.9. The molecule has 0 spiro atoms. The smallest absolute Gasteiger partial charge is 0.693 e. The van der Waals surface area contributed by atoms with Crippen molar-refractivity contribution in [3.63, 3.8) is 0 Å². The van der Waals surface area contributed by atoms with E-state index in [-0.39, 0.29) is 117 Å². The van der Waals surface area contributed by atoms with E-state index in [1.807, 2.05) is 0 Å². The molecule has 4 fully saturated rings. The van der Waals surface area contributed by atoms with Gasteiger partial charge in [0.25, 0.3) is 5.97 Å². The maximum absolute atomic E-state index is 9.95. The first-order valence-electron chi connectivity index (χ1n) is 39.9. The van der Waals surface area contributed by atoms with E-state index < -0.39 is 162 Å². The molecule has 35 N–H and O–H groups in total. The molecular formula is C75H157Cl8N15O40Pt6. The van der Waals surface area contributed by atoms with Crippen molar-refractivity contribution in [3.8, 4) is 0 Å². The van der Waals surface area contributed by atoms with Crippen LogP contribution in [0, 0.1) is 51.4 Å². The van der Waals surface area contributed by atoms with Gasteiger partial charge in [-0.05, 0) is 48.5 Å². The number of methoxy groups -OCH3 is 4. The van der Waals surface area contributed by atoms with Crippen molar-refractivity contribution in [2.75, 3.05) is 154 Å². The van der Waals surface area contributed by atoms with E-state index in [1.54, 1.807) is 62.7 Å². The van der Waals surface area contributed by atoms with E-state index in [2.05, 4.69) is 74.4 Å². The second-order valence-electron chi connectivity index (χ2n) is 24.1. The summed E-state index contributed by atoms with van der Waals surface area (Å²) in [6.45, 7) is 34.7. The summed E-state index contributed by atoms with van der Waals surface area (Å²) in [6, 6.07) is 0.569. The van der Waals surface area contributed by atoms with E-state index in [0.717, 1.165) is 32.6 Å². The number of halogens is 8. The molecular weight excluding hydrogens is 3200 g/mol. The van der Waals surface area contributed by atoms with Gasteiger partial charge in [0.05, 0.1) is 52.9 Å². The number of amides is 7. The first kappa shape index (κ1) is 201. The standard InChI is InChI=1S/4C7H13N.2C7H14O5.7C3H7NO2.2C3H6O3.2C2H2O4.C2H4O2.8ClH.4H2N.6Pt/c4*1-6-4-2-3-5-7(6)8;2*1-10-2-3-11-4-5-12-6-7(8)9;7*1-2-4-3(5)6;2*1-6-2-3(4)5;2*3-1(4)2(5)6;1-2(3)4;;;;;;;;;;;;;;;;;;/h4*6-8H,1-5H2;2*2-6H2,1H3,(H,8,9);7*4H,2H2,1H3,(H,5,6);2*2H2,1H3,(H,4,5);2*(H,3,4)(H,5,6);1H3,(H,3,4);8*1H;4*1H2;;;;;;/q4*-2;;;;;;;;;;;;;;;;;;;;;;;4*-1;2*+2;4*+4/p-8/t4*6-,7-;;;;;;;;;;;;;;;;;;;;;;;;;;;;;;;;/m1111................................/s1. The van der Waals surface area contributed by atoms with E-state index in [1.165, 1.54) is 91.3 Å². The van der Waals surface area contributed by atoms with Gasteiger partial charge in [0, 0.05) is 81.2 Å². The fraction of sp³-hybridized carbons (Fsp3) is 0.733. The molecule has 0 radical (unpaired) electrons. The summed E-state index contributed by atoms with van der Waals surface area (Å²) in [4.78, 5) is 151. The summed E-state index contributed by atoms with van der Waals surface area (Å²) < 4.78 is 37.3. The average molecular weight is 3360 g/mol. The normalized spacial score (nSPS) is 14.8. The van der Waals surface area contributed by atoms with Crippen LogP contribution in [0.5, 0.6) is 0 Å². The fourth-order valence-electron chi connectivity index (χ4n) is 7.18. The van der Waals surface area contributed by atoms with Crippen LogP contribution >= 0.6 is 75.3 Å². The van der Waals surface area contributed by atoms with Gasteiger partial charge in [-0.1, -0.05) is 103 Å². The molecule has 0 aromatic heterocycles. The van der Waals surface area contributed by atoms with Crippen LogP contribution in [0.3, 0.4) is 0 Å². The number of carboxylic acids is 9. The van der Waals surface area contributed by atoms with Crippen LogP contribution in [0.2, 0.25) is 0 Å². The topological polar surface area (TPSA) is 984 Å². The van der Waals surface area contributed by atoms with Gasteiger partial charge in [0.1, 0.15) is 26.4 Å². The number of aliphatic carboxylic acids is 9. The van der Waals surface area contributed by atoms with Gasteiger partial charge in [-0.15, -0.1) is 0 Å². The monoisotopic (exact) mass is 3360 g/mol. The van der Waals surface area contributed by atoms with Crippen molar-refractivity contribution in [3.05, 3.63) is 75.2 Å². The Morgan fingerprint density at radius 2 is 0.389 bits per heavy atom. The molecule has 0 saturated heterocycles. The van der Waals surface area contributed by atoms with E-state index in [9.17, 15) is 52.7 Å². The molecule has 4 saturated carbocycles. The molecule has 0 aliphatic heterocycles. The molecule has 0 aromatic carbocycles. The summed E-state index contributed by atoms with van der Waals surface area (Å²) in [5.41, 5.74) is 29.7. The Hall–Kier alpha value is -4.07. The Labute approximate surface area is 939 Å². The van der Waals surface area contributed by atoms with Gasteiger partial charge >= 0.3 is 274 Å². The largest absolute Gasteiger partial charge is 2.00 e. The predicted octanol–water partition coefficient (Wildman–Crippen LogP) is 17.4. The second-order valence-corrected chi connectivity index (χ2v) is 37.3. The van der Waals surface area contributed by atoms with Gasteiger partial charge in [-0.2, -0.15) is 47.8 Å². The van der Waals surface area contributed by atoms with Crippen LogP contribution in [-0.4, -0.2) is 356 Å². The summed E-state index contributed by atoms with van der Waals surface area (Å²) in [6.07, 6.45) is 12.5. The average Bonchev–Trinajstić information content (AvgIpc) is 0.957. The first-order valence-corrected chi connectivity index (χ1v) is 62.4. The molecule has 69 heteroatoms. The van der Waals surface area contributed by atoms with Gasteiger partial charge in [-0.3, -0.25) is 4.79 Å². The summed E-state index contributed by atoms with van der Waals surface area (Å²) in [5, 5.41) is 138. The van der Waals surface area contributed by atoms with Crippen molar-refractivity contribution >= 4 is 172 Å². The third-order valence-corrected chi connectivity index (χ3v) is 12.9. The van der Waals surface area contributed by atoms with E-state index in [4.69, 9.17) is 232 Å². The van der Waals surface area contributed by atoms with E-state index >= 15 is 0 Å². The molecule has 8 atom stereocenters. The van der Waals surface area contributed by atoms with Gasteiger partial charge in [0.2, 0.25) is 0 Å². The minimum Gasteiger partial charge on any atom is -0.693 e. The molecule has 4 rings (SSSR count). The van der Waals surface area contributed by atoms with Crippen LogP contribution in [-0.2, 0) is 189 Å². The number of ether oxygens (including phenoxy) is 8. The molecule has 55 nitrogen and oxygen atoms in total. The minimum absolute atomic E-state index is 0. The molecule has 0 aromatic rings. The van der Waals surface area contributed by atoms with E-state index in [0.29, 0.717) is 122 Å². The molecule has 4 aliphatic rings. The zero-order chi connectivity index (χ0) is 112. The van der Waals surface area contributed by atoms with Crippen LogP contribution in [0.25, 0.3) is 47.5 Å². The quantitative estimate of drug-likeness (QED) is 0.0206. The van der Waals surface area contributed by atoms with Crippen LogP contribution in [0.15, 0.2) is 0 Å². The Morgan fingerprint density at radius 3 is 0.458 bits per heavy atom. The molecule has 4 aliphatic carbocycles. The molecule has 144 heavy (non-hydrogen) atoms. The van der Waals surface area contributed by atoms with Crippen LogP contribution < -0.4 is 37.2 Å². The maximum atomic E-state index is 9.95. The predicted molar refractivity (Wildman–Crippen MR) is 527 cm³/mol.